The van der Waals surface area contributed by atoms with Crippen LogP contribution in [-0.2, 0) is 4.74 Å². The first-order chi connectivity index (χ1) is 9.26. The van der Waals surface area contributed by atoms with Gasteiger partial charge in [-0.15, -0.1) is 0 Å². The van der Waals surface area contributed by atoms with Crippen LogP contribution in [-0.4, -0.2) is 38.4 Å². The average molecular weight is 271 g/mol. The number of nitrogens with one attached hydrogen (secondary N) is 2. The zero-order chi connectivity index (χ0) is 13.9. The lowest BCUT2D eigenvalue weighted by Crippen LogP contribution is -2.44. The van der Waals surface area contributed by atoms with Crippen molar-refractivity contribution in [2.75, 3.05) is 20.2 Å². The Morgan fingerprint density at radius 2 is 1.84 bits per heavy atom. The number of urea groups is 1. The highest BCUT2D eigenvalue weighted by Gasteiger charge is 2.21. The minimum absolute atomic E-state index is 0.0281. The highest BCUT2D eigenvalue weighted by Crippen LogP contribution is 2.20. The van der Waals surface area contributed by atoms with Gasteiger partial charge in [0.1, 0.15) is 0 Å². The van der Waals surface area contributed by atoms with E-state index < -0.39 is 0 Å². The molecule has 0 saturated heterocycles. The number of ether oxygens (including phenoxy) is 1. The summed E-state index contributed by atoms with van der Waals surface area (Å²) in [4.78, 5) is 11.7. The summed E-state index contributed by atoms with van der Waals surface area (Å²) in [7, 11) is 1.76. The van der Waals surface area contributed by atoms with Crippen molar-refractivity contribution in [2.45, 2.75) is 63.5 Å². The van der Waals surface area contributed by atoms with Crippen LogP contribution in [0.5, 0.6) is 0 Å². The van der Waals surface area contributed by atoms with Gasteiger partial charge in [0.05, 0.1) is 6.10 Å². The molecule has 19 heavy (non-hydrogen) atoms. The van der Waals surface area contributed by atoms with Gasteiger partial charge >= 0.3 is 6.03 Å². The van der Waals surface area contributed by atoms with Crippen LogP contribution >= 0.6 is 0 Å². The average Bonchev–Trinajstić information content (AvgIpc) is 2.43. The molecule has 1 rings (SSSR count). The molecule has 1 saturated carbocycles. The smallest absolute Gasteiger partial charge is 0.315 e. The Balaban J connectivity index is 1.99. The van der Waals surface area contributed by atoms with Crippen LogP contribution in [0.15, 0.2) is 0 Å². The van der Waals surface area contributed by atoms with Gasteiger partial charge in [0.15, 0.2) is 0 Å². The van der Waals surface area contributed by atoms with Gasteiger partial charge in [-0.1, -0.05) is 12.8 Å². The molecule has 0 unspecified atom stereocenters. The first-order valence-corrected chi connectivity index (χ1v) is 7.53. The van der Waals surface area contributed by atoms with Gasteiger partial charge in [0.2, 0.25) is 0 Å². The van der Waals surface area contributed by atoms with Crippen LogP contribution in [0.4, 0.5) is 4.79 Å². The van der Waals surface area contributed by atoms with Gasteiger partial charge in [-0.3, -0.25) is 0 Å². The van der Waals surface area contributed by atoms with E-state index in [-0.39, 0.29) is 6.03 Å². The number of carbonyl (C=O) groups excluding carboxylic acids is 1. The fourth-order valence-corrected chi connectivity index (χ4v) is 2.50. The third-order valence-corrected chi connectivity index (χ3v) is 3.76. The molecule has 5 nitrogen and oxygen atoms in total. The van der Waals surface area contributed by atoms with E-state index in [0.717, 1.165) is 64.5 Å². The summed E-state index contributed by atoms with van der Waals surface area (Å²) in [6, 6.07) is 0.281. The van der Waals surface area contributed by atoms with Crippen molar-refractivity contribution >= 4 is 6.03 Å². The van der Waals surface area contributed by atoms with Crippen LogP contribution in [0, 0.1) is 0 Å². The Labute approximate surface area is 116 Å². The molecule has 4 N–H and O–H groups in total. The molecule has 5 heteroatoms. The minimum atomic E-state index is -0.0281. The third kappa shape index (κ3) is 7.38. The molecular weight excluding hydrogens is 242 g/mol. The second kappa shape index (κ2) is 10.0. The summed E-state index contributed by atoms with van der Waals surface area (Å²) in [6.45, 7) is 1.52. The first kappa shape index (κ1) is 16.2. The third-order valence-electron chi connectivity index (χ3n) is 3.76. The molecule has 2 amide bonds. The molecular formula is C14H29N3O2. The summed E-state index contributed by atoms with van der Waals surface area (Å²) in [5, 5.41) is 5.96. The van der Waals surface area contributed by atoms with E-state index in [0.29, 0.717) is 12.1 Å². The summed E-state index contributed by atoms with van der Waals surface area (Å²) in [5.41, 5.74) is 5.43. The Morgan fingerprint density at radius 3 is 2.47 bits per heavy atom. The van der Waals surface area contributed by atoms with E-state index in [2.05, 4.69) is 10.6 Å². The van der Waals surface area contributed by atoms with Crippen molar-refractivity contribution < 1.29 is 9.53 Å². The molecule has 0 radical (unpaired) electrons. The van der Waals surface area contributed by atoms with Crippen LogP contribution in [0.2, 0.25) is 0 Å². The number of rotatable bonds is 8. The van der Waals surface area contributed by atoms with Gasteiger partial charge in [-0.2, -0.15) is 0 Å². The number of methoxy groups -OCH3 is 1. The van der Waals surface area contributed by atoms with Crippen molar-refractivity contribution in [1.82, 2.24) is 10.6 Å². The maximum absolute atomic E-state index is 11.7. The van der Waals surface area contributed by atoms with Gasteiger partial charge in [0.25, 0.3) is 0 Å². The van der Waals surface area contributed by atoms with Gasteiger partial charge in [0, 0.05) is 19.7 Å². The van der Waals surface area contributed by atoms with Crippen molar-refractivity contribution in [3.8, 4) is 0 Å². The molecule has 0 spiro atoms. The Bertz CT molecular complexity index is 241. The highest BCUT2D eigenvalue weighted by molar-refractivity contribution is 5.74. The van der Waals surface area contributed by atoms with Crippen molar-refractivity contribution in [2.24, 2.45) is 5.73 Å². The van der Waals surface area contributed by atoms with E-state index >= 15 is 0 Å². The Hall–Kier alpha value is -0.810. The van der Waals surface area contributed by atoms with Crippen LogP contribution < -0.4 is 16.4 Å². The predicted molar refractivity (Wildman–Crippen MR) is 77.1 cm³/mol. The van der Waals surface area contributed by atoms with Crippen LogP contribution in [0.3, 0.4) is 0 Å². The molecule has 0 aromatic heterocycles. The predicted octanol–water partition coefficient (Wildman–Crippen LogP) is 1.76. The minimum Gasteiger partial charge on any atom is -0.381 e. The van der Waals surface area contributed by atoms with Crippen molar-refractivity contribution in [3.63, 3.8) is 0 Å². The number of unbranched alkanes of at least 4 members (excludes halogenated alkanes) is 3. The highest BCUT2D eigenvalue weighted by atomic mass is 16.5. The maximum atomic E-state index is 11.7. The molecule has 0 bridgehead atoms. The summed E-state index contributed by atoms with van der Waals surface area (Å²) in [5.74, 6) is 0. The quantitative estimate of drug-likeness (QED) is 0.589. The lowest BCUT2D eigenvalue weighted by molar-refractivity contribution is 0.0635. The van der Waals surface area contributed by atoms with E-state index in [9.17, 15) is 4.79 Å². The Morgan fingerprint density at radius 1 is 1.16 bits per heavy atom. The number of hydrogen-bond donors (Lipinski definition) is 3. The lowest BCUT2D eigenvalue weighted by Gasteiger charge is -2.28. The van der Waals surface area contributed by atoms with Crippen molar-refractivity contribution in [3.05, 3.63) is 0 Å². The van der Waals surface area contributed by atoms with E-state index in [1.54, 1.807) is 7.11 Å². The summed E-state index contributed by atoms with van der Waals surface area (Å²) >= 11 is 0. The molecule has 1 aliphatic carbocycles. The van der Waals surface area contributed by atoms with E-state index in [1.807, 2.05) is 0 Å². The first-order valence-electron chi connectivity index (χ1n) is 7.53. The van der Waals surface area contributed by atoms with Gasteiger partial charge in [-0.25, -0.2) is 4.79 Å². The van der Waals surface area contributed by atoms with Crippen LogP contribution in [0.1, 0.15) is 51.4 Å². The standard InChI is InChI=1S/C14H29N3O2/c1-19-13-8-6-12(7-9-13)17-14(18)16-11-5-3-2-4-10-15/h12-13H,2-11,15H2,1H3,(H2,16,17,18). The molecule has 0 atom stereocenters. The summed E-state index contributed by atoms with van der Waals surface area (Å²) < 4.78 is 5.32. The number of hydrogen-bond acceptors (Lipinski definition) is 3. The van der Waals surface area contributed by atoms with Gasteiger partial charge in [-0.05, 0) is 45.1 Å². The second-order valence-electron chi connectivity index (χ2n) is 5.31. The molecule has 0 aliphatic heterocycles. The monoisotopic (exact) mass is 271 g/mol. The fourth-order valence-electron chi connectivity index (χ4n) is 2.50. The largest absolute Gasteiger partial charge is 0.381 e. The normalized spacial score (nSPS) is 23.1. The second-order valence-corrected chi connectivity index (χ2v) is 5.31. The SMILES string of the molecule is COC1CCC(NC(=O)NCCCCCCN)CC1. The molecule has 0 aromatic carbocycles. The number of amides is 2. The molecule has 112 valence electrons. The molecule has 0 heterocycles. The zero-order valence-electron chi connectivity index (χ0n) is 12.1. The number of carbonyl (C=O) groups is 1. The fraction of sp³-hybridized carbons (Fsp3) is 0.929. The maximum Gasteiger partial charge on any atom is 0.315 e. The lowest BCUT2D eigenvalue weighted by atomic mass is 9.93. The van der Waals surface area contributed by atoms with E-state index in [4.69, 9.17) is 10.5 Å². The van der Waals surface area contributed by atoms with Gasteiger partial charge < -0.3 is 21.1 Å². The van der Waals surface area contributed by atoms with E-state index in [1.165, 1.54) is 0 Å². The van der Waals surface area contributed by atoms with Crippen LogP contribution in [0.25, 0.3) is 0 Å². The number of nitrogens with two attached hydrogens (primary N) is 1. The van der Waals surface area contributed by atoms with Crippen molar-refractivity contribution in [1.29, 1.82) is 0 Å². The Kier molecular flexibility index (Phi) is 8.58. The topological polar surface area (TPSA) is 76.4 Å². The molecule has 0 aromatic rings. The summed E-state index contributed by atoms with van der Waals surface area (Å²) in [6.07, 6.45) is 8.89. The zero-order valence-corrected chi connectivity index (χ0v) is 12.1. The molecule has 1 fully saturated rings. The molecule has 1 aliphatic rings.